The van der Waals surface area contributed by atoms with Gasteiger partial charge in [-0.05, 0) is 59.3 Å². The van der Waals surface area contributed by atoms with Crippen LogP contribution in [0.3, 0.4) is 0 Å². The molecule has 4 heterocycles. The molecule has 0 amide bonds. The Labute approximate surface area is 160 Å². The second kappa shape index (κ2) is 7.38. The van der Waals surface area contributed by atoms with Gasteiger partial charge in [0.05, 0.1) is 4.70 Å². The lowest BCUT2D eigenvalue weighted by atomic mass is 9.94. The third kappa shape index (κ3) is 3.70. The van der Waals surface area contributed by atoms with Gasteiger partial charge in [-0.15, -0.1) is 11.3 Å². The summed E-state index contributed by atoms with van der Waals surface area (Å²) >= 11 is 5.12. The summed E-state index contributed by atoms with van der Waals surface area (Å²) < 4.78 is 2.07. The summed E-state index contributed by atoms with van der Waals surface area (Å²) in [6.07, 6.45) is 8.96. The van der Waals surface area contributed by atoms with Crippen molar-refractivity contribution in [2.75, 3.05) is 18.0 Å². The van der Waals surface area contributed by atoms with Crippen LogP contribution in [0.4, 0.5) is 5.82 Å². The summed E-state index contributed by atoms with van der Waals surface area (Å²) in [5.74, 6) is 1.90. The van der Waals surface area contributed by atoms with Gasteiger partial charge in [0.15, 0.2) is 5.65 Å². The van der Waals surface area contributed by atoms with Gasteiger partial charge >= 0.3 is 0 Å². The number of pyridine rings is 2. The molecule has 25 heavy (non-hydrogen) atoms. The molecule has 1 fully saturated rings. The van der Waals surface area contributed by atoms with Crippen LogP contribution < -0.4 is 4.90 Å². The van der Waals surface area contributed by atoms with Crippen LogP contribution >= 0.6 is 27.3 Å². The zero-order valence-electron chi connectivity index (χ0n) is 14.3. The van der Waals surface area contributed by atoms with E-state index in [1.165, 1.54) is 25.7 Å². The van der Waals surface area contributed by atoms with Gasteiger partial charge in [0.25, 0.3) is 0 Å². The van der Waals surface area contributed by atoms with Crippen LogP contribution in [0.15, 0.2) is 35.1 Å². The first-order valence-electron chi connectivity index (χ1n) is 8.86. The Hall–Kier alpha value is -1.53. The minimum atomic E-state index is 0.797. The molecule has 0 N–H and O–H groups in total. The van der Waals surface area contributed by atoms with E-state index in [-0.39, 0.29) is 0 Å². The van der Waals surface area contributed by atoms with Gasteiger partial charge in [-0.3, -0.25) is 0 Å². The van der Waals surface area contributed by atoms with Gasteiger partial charge in [-0.25, -0.2) is 15.0 Å². The third-order valence-electron chi connectivity index (χ3n) is 4.75. The zero-order chi connectivity index (χ0) is 17.2. The van der Waals surface area contributed by atoms with Crippen LogP contribution in [0, 0.1) is 5.92 Å². The van der Waals surface area contributed by atoms with Crippen molar-refractivity contribution in [3.8, 4) is 10.6 Å². The fraction of sp³-hybridized carbons (Fsp3) is 0.421. The van der Waals surface area contributed by atoms with E-state index >= 15 is 0 Å². The van der Waals surface area contributed by atoms with Gasteiger partial charge in [0.1, 0.15) is 10.8 Å². The number of halogens is 1. The molecule has 0 spiro atoms. The number of thiazole rings is 1. The minimum absolute atomic E-state index is 0.797. The molecule has 0 radical (unpaired) electrons. The Kier molecular flexibility index (Phi) is 4.99. The Bertz CT molecular complexity index is 859. The van der Waals surface area contributed by atoms with Gasteiger partial charge in [-0.2, -0.15) is 0 Å². The molecule has 0 aliphatic carbocycles. The number of rotatable bonds is 4. The Morgan fingerprint density at radius 3 is 3.00 bits per heavy atom. The minimum Gasteiger partial charge on any atom is -0.356 e. The Morgan fingerprint density at radius 2 is 2.20 bits per heavy atom. The summed E-state index contributed by atoms with van der Waals surface area (Å²) in [6.45, 7) is 4.53. The number of aromatic nitrogens is 3. The number of hydrogen-bond acceptors (Lipinski definition) is 5. The van der Waals surface area contributed by atoms with Gasteiger partial charge < -0.3 is 4.90 Å². The molecule has 4 rings (SSSR count). The van der Waals surface area contributed by atoms with Crippen LogP contribution in [-0.4, -0.2) is 28.0 Å². The first-order valence-corrected chi connectivity index (χ1v) is 10.5. The Morgan fingerprint density at radius 1 is 1.28 bits per heavy atom. The number of piperidine rings is 1. The molecular weight excluding hydrogens is 396 g/mol. The average Bonchev–Trinajstić information content (AvgIpc) is 3.05. The van der Waals surface area contributed by atoms with Crippen molar-refractivity contribution in [3.63, 3.8) is 0 Å². The van der Waals surface area contributed by atoms with Crippen LogP contribution in [0.2, 0.25) is 0 Å². The highest BCUT2D eigenvalue weighted by molar-refractivity contribution is 9.10. The van der Waals surface area contributed by atoms with E-state index in [1.54, 1.807) is 17.5 Å². The topological polar surface area (TPSA) is 41.9 Å². The molecule has 4 nitrogen and oxygen atoms in total. The highest BCUT2D eigenvalue weighted by atomic mass is 79.9. The standard InChI is InChI=1S/C19H21BrN4S/c1-2-4-13-5-3-8-24(12-13)17-7-6-14(10-21-17)19-23-18-16(25-19)9-15(20)11-22-18/h6-7,9-11,13H,2-5,8,12H2,1H3. The molecule has 130 valence electrons. The summed E-state index contributed by atoms with van der Waals surface area (Å²) in [6, 6.07) is 6.34. The molecular formula is C19H21BrN4S. The molecule has 0 saturated carbocycles. The lowest BCUT2D eigenvalue weighted by Crippen LogP contribution is -2.35. The molecule has 0 aromatic carbocycles. The largest absolute Gasteiger partial charge is 0.356 e. The second-order valence-electron chi connectivity index (χ2n) is 6.64. The maximum absolute atomic E-state index is 4.72. The number of anilines is 1. The zero-order valence-corrected chi connectivity index (χ0v) is 16.7. The van der Waals surface area contributed by atoms with E-state index in [0.717, 1.165) is 50.2 Å². The molecule has 0 bridgehead atoms. The molecule has 3 aromatic heterocycles. The summed E-state index contributed by atoms with van der Waals surface area (Å²) in [4.78, 5) is 16.2. The second-order valence-corrected chi connectivity index (χ2v) is 8.59. The maximum atomic E-state index is 4.72. The maximum Gasteiger partial charge on any atom is 0.171 e. The number of fused-ring (bicyclic) bond motifs is 1. The van der Waals surface area contributed by atoms with E-state index in [4.69, 9.17) is 4.98 Å². The van der Waals surface area contributed by atoms with E-state index in [9.17, 15) is 0 Å². The van der Waals surface area contributed by atoms with E-state index in [1.807, 2.05) is 6.20 Å². The van der Waals surface area contributed by atoms with E-state index < -0.39 is 0 Å². The fourth-order valence-electron chi connectivity index (χ4n) is 3.54. The first-order chi connectivity index (χ1) is 12.2. The van der Waals surface area contributed by atoms with Crippen molar-refractivity contribution in [1.82, 2.24) is 15.0 Å². The monoisotopic (exact) mass is 416 g/mol. The van der Waals surface area contributed by atoms with Crippen LogP contribution in [-0.2, 0) is 0 Å². The molecule has 1 aliphatic heterocycles. The number of nitrogens with zero attached hydrogens (tertiary/aromatic N) is 4. The van der Waals surface area contributed by atoms with Crippen molar-refractivity contribution in [3.05, 3.63) is 35.1 Å². The van der Waals surface area contributed by atoms with Crippen molar-refractivity contribution in [1.29, 1.82) is 0 Å². The molecule has 3 aromatic rings. The lowest BCUT2D eigenvalue weighted by molar-refractivity contribution is 0.387. The SMILES string of the molecule is CCCC1CCCN(c2ccc(-c3nc4ncc(Br)cc4s3)cn2)C1. The predicted octanol–water partition coefficient (Wildman–Crippen LogP) is 5.53. The van der Waals surface area contributed by atoms with Crippen molar-refractivity contribution in [2.45, 2.75) is 32.6 Å². The van der Waals surface area contributed by atoms with Crippen LogP contribution in [0.5, 0.6) is 0 Å². The summed E-state index contributed by atoms with van der Waals surface area (Å²) in [7, 11) is 0. The first kappa shape index (κ1) is 16.9. The van der Waals surface area contributed by atoms with Crippen LogP contribution in [0.25, 0.3) is 20.9 Å². The molecule has 1 unspecified atom stereocenters. The normalized spacial score (nSPS) is 18.0. The average molecular weight is 417 g/mol. The van der Waals surface area contributed by atoms with E-state index in [0.29, 0.717) is 0 Å². The molecule has 1 atom stereocenters. The fourth-order valence-corrected chi connectivity index (χ4v) is 4.97. The number of hydrogen-bond donors (Lipinski definition) is 0. The van der Waals surface area contributed by atoms with Gasteiger partial charge in [0, 0.05) is 35.5 Å². The molecule has 6 heteroatoms. The summed E-state index contributed by atoms with van der Waals surface area (Å²) in [5.41, 5.74) is 1.86. The third-order valence-corrected chi connectivity index (χ3v) is 6.22. The van der Waals surface area contributed by atoms with Crippen molar-refractivity contribution >= 4 is 43.4 Å². The quantitative estimate of drug-likeness (QED) is 0.560. The van der Waals surface area contributed by atoms with Crippen LogP contribution in [0.1, 0.15) is 32.6 Å². The highest BCUT2D eigenvalue weighted by Crippen LogP contribution is 2.31. The van der Waals surface area contributed by atoms with Crippen molar-refractivity contribution < 1.29 is 0 Å². The smallest absolute Gasteiger partial charge is 0.171 e. The van der Waals surface area contributed by atoms with Crippen molar-refractivity contribution in [2.24, 2.45) is 5.92 Å². The Balaban J connectivity index is 1.54. The van der Waals surface area contributed by atoms with Gasteiger partial charge in [-0.1, -0.05) is 13.3 Å². The molecule has 1 aliphatic rings. The highest BCUT2D eigenvalue weighted by Gasteiger charge is 2.20. The molecule has 1 saturated heterocycles. The van der Waals surface area contributed by atoms with E-state index in [2.05, 4.69) is 55.9 Å². The summed E-state index contributed by atoms with van der Waals surface area (Å²) in [5, 5.41) is 0.974. The lowest BCUT2D eigenvalue weighted by Gasteiger charge is -2.33. The predicted molar refractivity (Wildman–Crippen MR) is 108 cm³/mol. The van der Waals surface area contributed by atoms with Gasteiger partial charge in [0.2, 0.25) is 0 Å².